The molecule has 3 heterocycles. The molecule has 2 aliphatic rings. The Labute approximate surface area is 123 Å². The summed E-state index contributed by atoms with van der Waals surface area (Å²) >= 11 is 0. The Kier molecular flexibility index (Phi) is 4.15. The number of pyridine rings is 1. The molecule has 21 heavy (non-hydrogen) atoms. The number of nitrogens with zero attached hydrogens (tertiary/aromatic N) is 2. The standard InChI is InChI=1S/C15H20N4O2/c20-14-2-1-9-19(14)12-3-4-13(17-10-12)18-15(21)11-5-7-16-8-6-11/h3-4,10-11,16H,1-2,5-9H2,(H,17,18,21). The summed E-state index contributed by atoms with van der Waals surface area (Å²) in [6.45, 7) is 2.53. The molecule has 6 heteroatoms. The van der Waals surface area contributed by atoms with Crippen molar-refractivity contribution in [2.24, 2.45) is 5.92 Å². The van der Waals surface area contributed by atoms with Gasteiger partial charge < -0.3 is 15.5 Å². The van der Waals surface area contributed by atoms with Crippen molar-refractivity contribution in [2.75, 3.05) is 29.9 Å². The summed E-state index contributed by atoms with van der Waals surface area (Å²) in [5.41, 5.74) is 0.803. The lowest BCUT2D eigenvalue weighted by Gasteiger charge is -2.21. The zero-order chi connectivity index (χ0) is 14.7. The first-order chi connectivity index (χ1) is 10.2. The van der Waals surface area contributed by atoms with Gasteiger partial charge in [0.15, 0.2) is 0 Å². The third-order valence-electron chi connectivity index (χ3n) is 4.09. The molecular formula is C15H20N4O2. The van der Waals surface area contributed by atoms with Gasteiger partial charge in [0.05, 0.1) is 11.9 Å². The number of nitrogens with one attached hydrogen (secondary N) is 2. The Balaban J connectivity index is 1.61. The van der Waals surface area contributed by atoms with Crippen LogP contribution in [0.25, 0.3) is 0 Å². The number of rotatable bonds is 3. The number of aromatic nitrogens is 1. The summed E-state index contributed by atoms with van der Waals surface area (Å²) in [6.07, 6.45) is 4.89. The molecule has 0 unspecified atom stereocenters. The fraction of sp³-hybridized carbons (Fsp3) is 0.533. The van der Waals surface area contributed by atoms with Gasteiger partial charge in [-0.2, -0.15) is 0 Å². The molecule has 3 rings (SSSR count). The van der Waals surface area contributed by atoms with E-state index in [9.17, 15) is 9.59 Å². The molecule has 0 aliphatic carbocycles. The van der Waals surface area contributed by atoms with Gasteiger partial charge >= 0.3 is 0 Å². The van der Waals surface area contributed by atoms with Crippen molar-refractivity contribution < 1.29 is 9.59 Å². The summed E-state index contributed by atoms with van der Waals surface area (Å²) < 4.78 is 0. The van der Waals surface area contributed by atoms with E-state index in [1.54, 1.807) is 17.2 Å². The van der Waals surface area contributed by atoms with Crippen molar-refractivity contribution in [3.63, 3.8) is 0 Å². The lowest BCUT2D eigenvalue weighted by molar-refractivity contribution is -0.120. The van der Waals surface area contributed by atoms with Gasteiger partial charge in [0.1, 0.15) is 5.82 Å². The maximum Gasteiger partial charge on any atom is 0.228 e. The lowest BCUT2D eigenvalue weighted by Crippen LogP contribution is -2.34. The van der Waals surface area contributed by atoms with Crippen LogP contribution >= 0.6 is 0 Å². The van der Waals surface area contributed by atoms with Crippen molar-refractivity contribution in [1.29, 1.82) is 0 Å². The molecule has 0 saturated carbocycles. The molecule has 0 aromatic carbocycles. The van der Waals surface area contributed by atoms with Crippen LogP contribution in [-0.2, 0) is 9.59 Å². The number of amides is 2. The Morgan fingerprint density at radius 3 is 2.76 bits per heavy atom. The van der Waals surface area contributed by atoms with E-state index in [1.165, 1.54) is 0 Å². The summed E-state index contributed by atoms with van der Waals surface area (Å²) in [7, 11) is 0. The molecule has 0 radical (unpaired) electrons. The van der Waals surface area contributed by atoms with Crippen LogP contribution in [0.3, 0.4) is 0 Å². The second kappa shape index (κ2) is 6.22. The number of carbonyl (C=O) groups is 2. The largest absolute Gasteiger partial charge is 0.317 e. The van der Waals surface area contributed by atoms with Crippen LogP contribution in [0, 0.1) is 5.92 Å². The fourth-order valence-corrected chi connectivity index (χ4v) is 2.85. The van der Waals surface area contributed by atoms with Crippen molar-refractivity contribution >= 4 is 23.3 Å². The van der Waals surface area contributed by atoms with Gasteiger partial charge in [0, 0.05) is 18.9 Å². The topological polar surface area (TPSA) is 74.3 Å². The summed E-state index contributed by atoms with van der Waals surface area (Å²) in [5.74, 6) is 0.791. The number of carbonyl (C=O) groups excluding carboxylic acids is 2. The molecule has 112 valence electrons. The van der Waals surface area contributed by atoms with Crippen LogP contribution < -0.4 is 15.5 Å². The van der Waals surface area contributed by atoms with Gasteiger partial charge in [0.2, 0.25) is 11.8 Å². The average molecular weight is 288 g/mol. The van der Waals surface area contributed by atoms with E-state index in [-0.39, 0.29) is 17.7 Å². The van der Waals surface area contributed by atoms with E-state index < -0.39 is 0 Å². The van der Waals surface area contributed by atoms with Crippen LogP contribution in [0.2, 0.25) is 0 Å². The molecule has 0 atom stereocenters. The molecule has 2 amide bonds. The molecule has 2 N–H and O–H groups in total. The highest BCUT2D eigenvalue weighted by Gasteiger charge is 2.23. The molecule has 0 bridgehead atoms. The van der Waals surface area contributed by atoms with Crippen LogP contribution in [0.4, 0.5) is 11.5 Å². The SMILES string of the molecule is O=C(Nc1ccc(N2CCCC2=O)cn1)C1CCNCC1. The number of anilines is 2. The minimum atomic E-state index is 0.0361. The zero-order valence-electron chi connectivity index (χ0n) is 12.0. The van der Waals surface area contributed by atoms with E-state index in [4.69, 9.17) is 0 Å². The Hall–Kier alpha value is -1.95. The van der Waals surface area contributed by atoms with E-state index in [2.05, 4.69) is 15.6 Å². The molecule has 6 nitrogen and oxygen atoms in total. The monoisotopic (exact) mass is 288 g/mol. The Morgan fingerprint density at radius 1 is 1.33 bits per heavy atom. The first-order valence-electron chi connectivity index (χ1n) is 7.52. The van der Waals surface area contributed by atoms with Crippen LogP contribution in [0.5, 0.6) is 0 Å². The smallest absolute Gasteiger partial charge is 0.228 e. The van der Waals surface area contributed by atoms with Gasteiger partial charge in [-0.25, -0.2) is 4.98 Å². The van der Waals surface area contributed by atoms with Crippen molar-refractivity contribution in [2.45, 2.75) is 25.7 Å². The third-order valence-corrected chi connectivity index (χ3v) is 4.09. The van der Waals surface area contributed by atoms with E-state index >= 15 is 0 Å². The molecule has 2 fully saturated rings. The predicted octanol–water partition coefficient (Wildman–Crippen LogP) is 1.15. The third kappa shape index (κ3) is 3.21. The van der Waals surface area contributed by atoms with Gasteiger partial charge in [-0.1, -0.05) is 0 Å². The maximum absolute atomic E-state index is 12.1. The zero-order valence-corrected chi connectivity index (χ0v) is 12.0. The second-order valence-electron chi connectivity index (χ2n) is 5.56. The quantitative estimate of drug-likeness (QED) is 0.875. The summed E-state index contributed by atoms with van der Waals surface area (Å²) in [5, 5.41) is 6.10. The molecule has 2 saturated heterocycles. The van der Waals surface area contributed by atoms with Crippen molar-refractivity contribution in [1.82, 2.24) is 10.3 Å². The van der Waals surface area contributed by atoms with E-state index in [0.717, 1.165) is 44.6 Å². The molecule has 2 aliphatic heterocycles. The maximum atomic E-state index is 12.1. The first kappa shape index (κ1) is 14.0. The Bertz CT molecular complexity index is 523. The molecular weight excluding hydrogens is 268 g/mol. The minimum absolute atomic E-state index is 0.0361. The number of piperidine rings is 1. The number of hydrogen-bond acceptors (Lipinski definition) is 4. The second-order valence-corrected chi connectivity index (χ2v) is 5.56. The fourth-order valence-electron chi connectivity index (χ4n) is 2.85. The normalized spacial score (nSPS) is 19.8. The summed E-state index contributed by atoms with van der Waals surface area (Å²) in [6, 6.07) is 3.61. The van der Waals surface area contributed by atoms with Crippen molar-refractivity contribution in [3.8, 4) is 0 Å². The number of hydrogen-bond donors (Lipinski definition) is 2. The molecule has 1 aromatic rings. The average Bonchev–Trinajstić information content (AvgIpc) is 2.95. The van der Waals surface area contributed by atoms with Gasteiger partial charge in [0.25, 0.3) is 0 Å². The van der Waals surface area contributed by atoms with Crippen molar-refractivity contribution in [3.05, 3.63) is 18.3 Å². The molecule has 1 aromatic heterocycles. The lowest BCUT2D eigenvalue weighted by atomic mass is 9.97. The minimum Gasteiger partial charge on any atom is -0.317 e. The molecule has 0 spiro atoms. The predicted molar refractivity (Wildman–Crippen MR) is 80.0 cm³/mol. The van der Waals surface area contributed by atoms with Gasteiger partial charge in [-0.15, -0.1) is 0 Å². The Morgan fingerprint density at radius 2 is 2.14 bits per heavy atom. The summed E-state index contributed by atoms with van der Waals surface area (Å²) in [4.78, 5) is 29.8. The van der Waals surface area contributed by atoms with E-state index in [1.807, 2.05) is 6.07 Å². The van der Waals surface area contributed by atoms with Gasteiger partial charge in [-0.05, 0) is 44.5 Å². The first-order valence-corrected chi connectivity index (χ1v) is 7.52. The van der Waals surface area contributed by atoms with Crippen LogP contribution in [0.1, 0.15) is 25.7 Å². The highest BCUT2D eigenvalue weighted by molar-refractivity contribution is 5.95. The van der Waals surface area contributed by atoms with Gasteiger partial charge in [-0.3, -0.25) is 9.59 Å². The van der Waals surface area contributed by atoms with E-state index in [0.29, 0.717) is 12.2 Å². The highest BCUT2D eigenvalue weighted by atomic mass is 16.2. The van der Waals surface area contributed by atoms with Crippen LogP contribution in [-0.4, -0.2) is 36.4 Å². The van der Waals surface area contributed by atoms with Crippen LogP contribution in [0.15, 0.2) is 18.3 Å². The highest BCUT2D eigenvalue weighted by Crippen LogP contribution is 2.22.